The van der Waals surface area contributed by atoms with Crippen LogP contribution in [0.2, 0.25) is 0 Å². The fourth-order valence-electron chi connectivity index (χ4n) is 4.09. The van der Waals surface area contributed by atoms with Crippen molar-refractivity contribution in [1.82, 2.24) is 15.1 Å². The molecule has 3 N–H and O–H groups in total. The van der Waals surface area contributed by atoms with Crippen LogP contribution in [0, 0.1) is 0 Å². The van der Waals surface area contributed by atoms with Crippen LogP contribution < -0.4 is 11.1 Å². The highest BCUT2D eigenvalue weighted by atomic mass is 16.2. The maximum atomic E-state index is 12.8. The van der Waals surface area contributed by atoms with Gasteiger partial charge in [0.15, 0.2) is 0 Å². The highest BCUT2D eigenvalue weighted by Gasteiger charge is 2.44. The summed E-state index contributed by atoms with van der Waals surface area (Å²) in [7, 11) is 0. The van der Waals surface area contributed by atoms with Crippen LogP contribution in [0.5, 0.6) is 0 Å². The van der Waals surface area contributed by atoms with Crippen LogP contribution >= 0.6 is 0 Å². The first-order valence-electron chi connectivity index (χ1n) is 9.11. The molecule has 1 unspecified atom stereocenters. The number of rotatable bonds is 3. The molecule has 0 radical (unpaired) electrons. The van der Waals surface area contributed by atoms with E-state index < -0.39 is 23.8 Å². The van der Waals surface area contributed by atoms with E-state index in [1.165, 1.54) is 0 Å². The normalized spacial score (nSPS) is 28.7. The van der Waals surface area contributed by atoms with Crippen molar-refractivity contribution in [3.8, 4) is 0 Å². The van der Waals surface area contributed by atoms with Crippen LogP contribution in [0.25, 0.3) is 0 Å². The zero-order valence-corrected chi connectivity index (χ0v) is 15.2. The molecule has 3 aliphatic heterocycles. The van der Waals surface area contributed by atoms with E-state index in [9.17, 15) is 19.2 Å². The number of fused-ring (bicyclic) bond motifs is 1. The van der Waals surface area contributed by atoms with E-state index in [2.05, 4.69) is 10.2 Å². The summed E-state index contributed by atoms with van der Waals surface area (Å²) in [6.45, 7) is 4.34. The monoisotopic (exact) mass is 370 g/mol. The van der Waals surface area contributed by atoms with Gasteiger partial charge in [0.1, 0.15) is 6.04 Å². The molecular weight excluding hydrogens is 348 g/mol. The van der Waals surface area contributed by atoms with Crippen molar-refractivity contribution in [2.75, 3.05) is 13.1 Å². The average Bonchev–Trinajstić information content (AvgIpc) is 3.06. The molecule has 142 valence electrons. The molecule has 0 aliphatic carbocycles. The minimum absolute atomic E-state index is 0.113. The van der Waals surface area contributed by atoms with Gasteiger partial charge in [-0.2, -0.15) is 0 Å². The molecule has 2 fully saturated rings. The van der Waals surface area contributed by atoms with Crippen molar-refractivity contribution in [2.24, 2.45) is 5.73 Å². The van der Waals surface area contributed by atoms with Crippen molar-refractivity contribution in [1.29, 1.82) is 0 Å². The lowest BCUT2D eigenvalue weighted by molar-refractivity contribution is -0.136. The molecule has 4 amide bonds. The van der Waals surface area contributed by atoms with Gasteiger partial charge in [-0.3, -0.25) is 34.3 Å². The molecule has 0 bridgehead atoms. The van der Waals surface area contributed by atoms with E-state index in [4.69, 9.17) is 5.73 Å². The van der Waals surface area contributed by atoms with Gasteiger partial charge >= 0.3 is 0 Å². The van der Waals surface area contributed by atoms with Gasteiger partial charge in [0, 0.05) is 31.6 Å². The third-order valence-corrected chi connectivity index (χ3v) is 5.49. The number of amides is 4. The van der Waals surface area contributed by atoms with E-state index in [1.807, 2.05) is 13.0 Å². The molecule has 1 aromatic rings. The fourth-order valence-corrected chi connectivity index (χ4v) is 4.09. The molecule has 4 rings (SSSR count). The maximum absolute atomic E-state index is 12.8. The highest BCUT2D eigenvalue weighted by molar-refractivity contribution is 6.23. The fraction of sp³-hybridized carbons (Fsp3) is 0.474. The van der Waals surface area contributed by atoms with E-state index in [0.29, 0.717) is 17.7 Å². The van der Waals surface area contributed by atoms with E-state index in [0.717, 1.165) is 30.0 Å². The van der Waals surface area contributed by atoms with Gasteiger partial charge < -0.3 is 5.73 Å². The second-order valence-electron chi connectivity index (χ2n) is 7.94. The quantitative estimate of drug-likeness (QED) is 0.725. The van der Waals surface area contributed by atoms with Gasteiger partial charge in [0.2, 0.25) is 11.8 Å². The number of nitrogens with one attached hydrogen (secondary N) is 1. The molecule has 3 heterocycles. The average molecular weight is 370 g/mol. The number of likely N-dealkylation sites (tertiary alicyclic amines) is 1. The second-order valence-corrected chi connectivity index (χ2v) is 7.94. The number of nitrogens with zero attached hydrogens (tertiary/aromatic N) is 2. The van der Waals surface area contributed by atoms with Gasteiger partial charge in [-0.05, 0) is 37.5 Å². The molecule has 8 heteroatoms. The van der Waals surface area contributed by atoms with Crippen LogP contribution in [0.15, 0.2) is 18.2 Å². The van der Waals surface area contributed by atoms with Crippen LogP contribution in [0.4, 0.5) is 0 Å². The molecular formula is C19H22N4O4. The minimum atomic E-state index is -0.935. The second kappa shape index (κ2) is 6.24. The lowest BCUT2D eigenvalue weighted by atomic mass is 10.0. The van der Waals surface area contributed by atoms with E-state index >= 15 is 0 Å². The minimum Gasteiger partial charge on any atom is -0.324 e. The third-order valence-electron chi connectivity index (χ3n) is 5.49. The summed E-state index contributed by atoms with van der Waals surface area (Å²) in [5.41, 5.74) is 7.51. The summed E-state index contributed by atoms with van der Waals surface area (Å²) in [6.07, 6.45) is 1.19. The topological polar surface area (TPSA) is 113 Å². The lowest BCUT2D eigenvalue weighted by Gasteiger charge is -2.27. The molecule has 2 saturated heterocycles. The van der Waals surface area contributed by atoms with E-state index in [1.54, 1.807) is 12.1 Å². The zero-order valence-electron chi connectivity index (χ0n) is 15.2. The number of hydrogen-bond donors (Lipinski definition) is 2. The Bertz CT molecular complexity index is 863. The molecule has 0 aromatic heterocycles. The maximum Gasteiger partial charge on any atom is 0.262 e. The summed E-state index contributed by atoms with van der Waals surface area (Å²) in [5.74, 6) is -1.93. The number of imide groups is 2. The molecule has 0 spiro atoms. The third kappa shape index (κ3) is 3.15. The molecule has 1 aromatic carbocycles. The first kappa shape index (κ1) is 17.8. The first-order valence-corrected chi connectivity index (χ1v) is 9.11. The van der Waals surface area contributed by atoms with Crippen molar-refractivity contribution in [3.63, 3.8) is 0 Å². The van der Waals surface area contributed by atoms with Crippen LogP contribution in [-0.4, -0.2) is 58.1 Å². The van der Waals surface area contributed by atoms with Gasteiger partial charge in [-0.25, -0.2) is 0 Å². The predicted octanol–water partition coefficient (Wildman–Crippen LogP) is 0.0109. The van der Waals surface area contributed by atoms with Gasteiger partial charge in [0.05, 0.1) is 11.1 Å². The van der Waals surface area contributed by atoms with Crippen molar-refractivity contribution >= 4 is 23.6 Å². The Hall–Kier alpha value is -2.58. The van der Waals surface area contributed by atoms with Crippen molar-refractivity contribution in [3.05, 3.63) is 34.9 Å². The summed E-state index contributed by atoms with van der Waals surface area (Å²) in [4.78, 5) is 52.2. The molecule has 8 nitrogen and oxygen atoms in total. The number of carbonyl (C=O) groups excluding carboxylic acids is 4. The Morgan fingerprint density at radius 2 is 1.93 bits per heavy atom. The zero-order chi connectivity index (χ0) is 19.3. The number of benzene rings is 1. The van der Waals surface area contributed by atoms with Crippen molar-refractivity contribution in [2.45, 2.75) is 44.3 Å². The summed E-state index contributed by atoms with van der Waals surface area (Å²) in [6, 6.07) is 4.28. The summed E-state index contributed by atoms with van der Waals surface area (Å²) >= 11 is 0. The number of piperidine rings is 1. The molecule has 27 heavy (non-hydrogen) atoms. The smallest absolute Gasteiger partial charge is 0.262 e. The van der Waals surface area contributed by atoms with Gasteiger partial charge in [-0.1, -0.05) is 6.07 Å². The van der Waals surface area contributed by atoms with Crippen LogP contribution in [-0.2, 0) is 16.1 Å². The summed E-state index contributed by atoms with van der Waals surface area (Å²) < 4.78 is 0. The summed E-state index contributed by atoms with van der Waals surface area (Å²) in [5, 5.41) is 2.20. The molecule has 3 aliphatic rings. The lowest BCUT2D eigenvalue weighted by Crippen LogP contribution is -2.54. The standard InChI is InChI=1S/C19H22N4O4/c1-19(20)6-7-22(10-19)9-11-2-3-12-13(8-11)18(27)23(17(12)26)14-4-5-15(24)21-16(14)25/h2-3,8,14H,4-7,9-10,20H2,1H3,(H,21,24,25)/t14?,19-/m1/s1. The van der Waals surface area contributed by atoms with Gasteiger partial charge in [0.25, 0.3) is 11.8 Å². The Morgan fingerprint density at radius 3 is 2.59 bits per heavy atom. The number of nitrogens with two attached hydrogens (primary N) is 1. The number of carbonyl (C=O) groups is 4. The van der Waals surface area contributed by atoms with Crippen LogP contribution in [0.1, 0.15) is 52.5 Å². The first-order chi connectivity index (χ1) is 12.7. The van der Waals surface area contributed by atoms with Gasteiger partial charge in [-0.15, -0.1) is 0 Å². The Kier molecular flexibility index (Phi) is 4.12. The molecule has 2 atom stereocenters. The highest BCUT2D eigenvalue weighted by Crippen LogP contribution is 2.29. The Labute approximate surface area is 156 Å². The van der Waals surface area contributed by atoms with Crippen LogP contribution in [0.3, 0.4) is 0 Å². The largest absolute Gasteiger partial charge is 0.324 e. The molecule has 0 saturated carbocycles. The SMILES string of the molecule is C[C@@]1(N)CCN(Cc2ccc3c(c2)C(=O)N(C2CCC(=O)NC2=O)C3=O)C1. The Morgan fingerprint density at radius 1 is 1.19 bits per heavy atom. The predicted molar refractivity (Wildman–Crippen MR) is 95.6 cm³/mol. The Balaban J connectivity index is 1.55. The van der Waals surface area contributed by atoms with Crippen molar-refractivity contribution < 1.29 is 19.2 Å². The van der Waals surface area contributed by atoms with E-state index in [-0.39, 0.29) is 24.3 Å². The number of hydrogen-bond acceptors (Lipinski definition) is 6.